The Bertz CT molecular complexity index is 1410. The van der Waals surface area contributed by atoms with E-state index in [1.165, 1.54) is 17.4 Å². The van der Waals surface area contributed by atoms with Crippen molar-refractivity contribution in [3.63, 3.8) is 0 Å². The molecule has 0 radical (unpaired) electrons. The number of aromatic amines is 1. The van der Waals surface area contributed by atoms with Crippen LogP contribution in [0.2, 0.25) is 0 Å². The molecule has 0 unspecified atom stereocenters. The predicted molar refractivity (Wildman–Crippen MR) is 102 cm³/mol. The molecule has 0 saturated heterocycles. The predicted octanol–water partition coefficient (Wildman–Crippen LogP) is 2.02. The summed E-state index contributed by atoms with van der Waals surface area (Å²) >= 11 is 1.42. The average Bonchev–Trinajstić information content (AvgIpc) is 3.12. The number of primary sulfonamides is 1. The Balaban J connectivity index is 2.07. The summed E-state index contributed by atoms with van der Waals surface area (Å²) in [5.41, 5.74) is 1.65. The molecule has 3 N–H and O–H groups in total. The van der Waals surface area contributed by atoms with Crippen LogP contribution < -0.4 is 10.7 Å². The van der Waals surface area contributed by atoms with Crippen molar-refractivity contribution < 1.29 is 8.42 Å². The highest BCUT2D eigenvalue weighted by atomic mass is 32.2. The van der Waals surface area contributed by atoms with Crippen molar-refractivity contribution in [3.05, 3.63) is 52.4 Å². The Morgan fingerprint density at radius 3 is 2.85 bits per heavy atom. The molecule has 4 aromatic heterocycles. The van der Waals surface area contributed by atoms with Crippen LogP contribution in [0.15, 0.2) is 46.9 Å². The number of hydrogen-bond acceptors (Lipinski definition) is 6. The van der Waals surface area contributed by atoms with Crippen LogP contribution in [-0.4, -0.2) is 28.0 Å². The molecule has 26 heavy (non-hydrogen) atoms. The fourth-order valence-electron chi connectivity index (χ4n) is 2.78. The fraction of sp³-hybridized carbons (Fsp3) is 0.0625. The summed E-state index contributed by atoms with van der Waals surface area (Å²) in [5, 5.41) is 10.00. The van der Waals surface area contributed by atoms with Gasteiger partial charge in [0, 0.05) is 12.4 Å². The summed E-state index contributed by atoms with van der Waals surface area (Å²) in [6, 6.07) is 1.28. The van der Waals surface area contributed by atoms with Crippen LogP contribution in [0.1, 0.15) is 11.8 Å². The van der Waals surface area contributed by atoms with Crippen LogP contribution in [-0.2, 0) is 10.0 Å². The summed E-state index contributed by atoms with van der Waals surface area (Å²) in [7, 11) is -3.92. The normalized spacial score (nSPS) is 13.1. The van der Waals surface area contributed by atoms with Crippen molar-refractivity contribution in [1.29, 1.82) is 0 Å². The second kappa shape index (κ2) is 5.59. The third-order valence-electron chi connectivity index (χ3n) is 4.02. The van der Waals surface area contributed by atoms with Crippen molar-refractivity contribution in [2.75, 3.05) is 0 Å². The zero-order valence-corrected chi connectivity index (χ0v) is 15.2. The zero-order valence-electron chi connectivity index (χ0n) is 13.6. The third kappa shape index (κ3) is 2.38. The number of sulfonamides is 1. The number of nitrogens with one attached hydrogen (secondary N) is 1. The second-order valence-electron chi connectivity index (χ2n) is 5.58. The van der Waals surface area contributed by atoms with Gasteiger partial charge in [0.1, 0.15) is 26.1 Å². The maximum Gasteiger partial charge on any atom is 0.261 e. The van der Waals surface area contributed by atoms with Crippen LogP contribution in [0.3, 0.4) is 0 Å². The summed E-state index contributed by atoms with van der Waals surface area (Å²) in [5.74, 6) is 0. The molecule has 0 saturated carbocycles. The zero-order chi connectivity index (χ0) is 18.6. The first-order valence-electron chi connectivity index (χ1n) is 7.49. The molecule has 4 rings (SSSR count). The van der Waals surface area contributed by atoms with Crippen molar-refractivity contribution in [2.45, 2.75) is 11.8 Å². The topological polar surface area (TPSA) is 123 Å². The average molecular weight is 387 g/mol. The van der Waals surface area contributed by atoms with E-state index in [-0.39, 0.29) is 16.0 Å². The second-order valence-corrected chi connectivity index (χ2v) is 8.18. The van der Waals surface area contributed by atoms with Gasteiger partial charge in [-0.15, -0.1) is 11.3 Å². The molecule has 0 aliphatic rings. The van der Waals surface area contributed by atoms with Crippen molar-refractivity contribution in [3.8, 4) is 0 Å². The summed E-state index contributed by atoms with van der Waals surface area (Å²) in [6.45, 7) is 5.69. The van der Waals surface area contributed by atoms with Gasteiger partial charge in [-0.3, -0.25) is 9.78 Å². The smallest absolute Gasteiger partial charge is 0.261 e. The first-order valence-corrected chi connectivity index (χ1v) is 9.85. The highest BCUT2D eigenvalue weighted by Crippen LogP contribution is 2.31. The molecule has 0 spiro atoms. The van der Waals surface area contributed by atoms with Crippen molar-refractivity contribution in [1.82, 2.24) is 19.6 Å². The lowest BCUT2D eigenvalue weighted by Gasteiger charge is -2.01. The number of H-pyrrole nitrogens is 1. The lowest BCUT2D eigenvalue weighted by Crippen LogP contribution is -2.13. The Hall–Kier alpha value is -2.82. The van der Waals surface area contributed by atoms with E-state index in [9.17, 15) is 13.2 Å². The Kier molecular flexibility index (Phi) is 3.58. The monoisotopic (exact) mass is 387 g/mol. The van der Waals surface area contributed by atoms with Crippen molar-refractivity contribution >= 4 is 53.7 Å². The van der Waals surface area contributed by atoms with Gasteiger partial charge < -0.3 is 4.98 Å². The SMILES string of the molecule is C=C/C(=C\C)c1cn2nc3c4ncc(S(N)(=O)=O)cc4[nH]c(=O)c3c2s1. The van der Waals surface area contributed by atoms with E-state index in [0.717, 1.165) is 16.6 Å². The Labute approximate surface area is 151 Å². The number of aromatic nitrogens is 4. The van der Waals surface area contributed by atoms with E-state index >= 15 is 0 Å². The molecule has 0 fully saturated rings. The maximum atomic E-state index is 12.6. The van der Waals surface area contributed by atoms with Gasteiger partial charge in [-0.25, -0.2) is 18.1 Å². The van der Waals surface area contributed by atoms with Crippen LogP contribution in [0.4, 0.5) is 0 Å². The highest BCUT2D eigenvalue weighted by Gasteiger charge is 2.18. The molecule has 0 bridgehead atoms. The quantitative estimate of drug-likeness (QED) is 0.521. The molecular weight excluding hydrogens is 374 g/mol. The molecule has 10 heteroatoms. The molecule has 0 aliphatic carbocycles. The molecule has 132 valence electrons. The minimum Gasteiger partial charge on any atom is -0.320 e. The number of rotatable bonds is 3. The molecule has 0 aliphatic heterocycles. The Morgan fingerprint density at radius 1 is 1.42 bits per heavy atom. The van der Waals surface area contributed by atoms with E-state index in [0.29, 0.717) is 21.3 Å². The van der Waals surface area contributed by atoms with E-state index in [2.05, 4.69) is 21.6 Å². The fourth-order valence-corrected chi connectivity index (χ4v) is 4.42. The van der Waals surface area contributed by atoms with Gasteiger partial charge in [-0.2, -0.15) is 5.10 Å². The lowest BCUT2D eigenvalue weighted by atomic mass is 10.2. The van der Waals surface area contributed by atoms with Gasteiger partial charge in [0.25, 0.3) is 5.56 Å². The first-order chi connectivity index (χ1) is 12.3. The van der Waals surface area contributed by atoms with Gasteiger partial charge in [-0.05, 0) is 18.6 Å². The van der Waals surface area contributed by atoms with Crippen LogP contribution in [0.5, 0.6) is 0 Å². The summed E-state index contributed by atoms with van der Waals surface area (Å²) in [4.78, 5) is 20.9. The van der Waals surface area contributed by atoms with Gasteiger partial charge in [0.2, 0.25) is 10.0 Å². The number of fused-ring (bicyclic) bond motifs is 5. The van der Waals surface area contributed by atoms with E-state index in [4.69, 9.17) is 5.14 Å². The minimum absolute atomic E-state index is 0.174. The number of nitrogens with two attached hydrogens (primary N) is 1. The first kappa shape index (κ1) is 16.6. The largest absolute Gasteiger partial charge is 0.320 e. The maximum absolute atomic E-state index is 12.6. The summed E-state index contributed by atoms with van der Waals surface area (Å²) in [6.07, 6.45) is 6.64. The summed E-state index contributed by atoms with van der Waals surface area (Å²) < 4.78 is 24.6. The standard InChI is InChI=1S/C16H13N5O3S2/c1-3-8(4-2)11-7-21-16(25-11)12-14(20-21)13-10(19-15(12)22)5-9(6-18-13)26(17,23)24/h3-7H,1H2,2H3,(H,19,22)(H2,17,23,24)/b8-4+. The number of hydrogen-bond donors (Lipinski definition) is 2. The number of allylic oxidation sites excluding steroid dienone is 3. The molecule has 4 heterocycles. The van der Waals surface area contributed by atoms with Gasteiger partial charge in [0.15, 0.2) is 0 Å². The molecule has 8 nitrogen and oxygen atoms in total. The molecule has 0 aromatic carbocycles. The van der Waals surface area contributed by atoms with Crippen LogP contribution in [0.25, 0.3) is 32.3 Å². The van der Waals surface area contributed by atoms with E-state index < -0.39 is 10.0 Å². The number of thiazole rings is 1. The molecular formula is C16H13N5O3S2. The highest BCUT2D eigenvalue weighted by molar-refractivity contribution is 7.89. The third-order valence-corrected chi connectivity index (χ3v) is 6.04. The molecule has 0 amide bonds. The molecule has 0 atom stereocenters. The minimum atomic E-state index is -3.92. The van der Waals surface area contributed by atoms with E-state index in [1.54, 1.807) is 10.6 Å². The Morgan fingerprint density at radius 2 is 2.19 bits per heavy atom. The van der Waals surface area contributed by atoms with Gasteiger partial charge in [-0.1, -0.05) is 18.7 Å². The number of pyridine rings is 2. The van der Waals surface area contributed by atoms with Gasteiger partial charge >= 0.3 is 0 Å². The van der Waals surface area contributed by atoms with Crippen LogP contribution in [0, 0.1) is 0 Å². The van der Waals surface area contributed by atoms with Gasteiger partial charge in [0.05, 0.1) is 10.4 Å². The number of nitrogens with zero attached hydrogens (tertiary/aromatic N) is 3. The lowest BCUT2D eigenvalue weighted by molar-refractivity contribution is 0.597. The van der Waals surface area contributed by atoms with Crippen LogP contribution >= 0.6 is 11.3 Å². The van der Waals surface area contributed by atoms with Crippen molar-refractivity contribution in [2.24, 2.45) is 5.14 Å². The molecule has 4 aromatic rings. The van der Waals surface area contributed by atoms with E-state index in [1.807, 2.05) is 19.2 Å².